The minimum Gasteiger partial charge on any atom is -0.394 e. The summed E-state index contributed by atoms with van der Waals surface area (Å²) in [5.74, 6) is 0. The summed E-state index contributed by atoms with van der Waals surface area (Å²) in [5, 5.41) is 17.8. The van der Waals surface area contributed by atoms with Crippen LogP contribution in [-0.2, 0) is 24.9 Å². The highest BCUT2D eigenvalue weighted by molar-refractivity contribution is 7.08. The molecule has 3 rings (SSSR count). The van der Waals surface area contributed by atoms with Gasteiger partial charge in [-0.25, -0.2) is 0 Å². The van der Waals surface area contributed by atoms with E-state index in [9.17, 15) is 5.11 Å². The molecule has 0 fully saturated rings. The third-order valence-corrected chi connectivity index (χ3v) is 5.83. The summed E-state index contributed by atoms with van der Waals surface area (Å²) in [4.78, 5) is 5.59. The van der Waals surface area contributed by atoms with Crippen LogP contribution in [0.1, 0.15) is 37.2 Å². The average molecular weight is 412 g/mol. The van der Waals surface area contributed by atoms with Gasteiger partial charge in [0.2, 0.25) is 0 Å². The van der Waals surface area contributed by atoms with Gasteiger partial charge in [0.15, 0.2) is 0 Å². The zero-order valence-electron chi connectivity index (χ0n) is 17.3. The first-order valence-electron chi connectivity index (χ1n) is 9.72. The average Bonchev–Trinajstić information content (AvgIpc) is 3.37. The van der Waals surface area contributed by atoms with Gasteiger partial charge >= 0.3 is 0 Å². The summed E-state index contributed by atoms with van der Waals surface area (Å²) in [5.41, 5.74) is 12.0. The molecule has 3 N–H and O–H groups in total. The lowest BCUT2D eigenvalue weighted by molar-refractivity contribution is 0.130. The number of oxime groups is 1. The van der Waals surface area contributed by atoms with E-state index in [-0.39, 0.29) is 6.61 Å². The molecule has 0 amide bonds. The molecular formula is C23H29N3O2S. The molecule has 0 unspecified atom stereocenters. The van der Waals surface area contributed by atoms with Crippen molar-refractivity contribution in [3.8, 4) is 11.1 Å². The molecule has 0 radical (unpaired) electrons. The number of thiophene rings is 1. The maximum atomic E-state index is 9.32. The van der Waals surface area contributed by atoms with Crippen LogP contribution in [0.15, 0.2) is 58.4 Å². The van der Waals surface area contributed by atoms with Crippen molar-refractivity contribution in [2.75, 3.05) is 6.61 Å². The molecule has 2 heterocycles. The van der Waals surface area contributed by atoms with Crippen LogP contribution in [0, 0.1) is 0 Å². The van der Waals surface area contributed by atoms with Gasteiger partial charge < -0.3 is 20.2 Å². The molecule has 0 saturated heterocycles. The Kier molecular flexibility index (Phi) is 6.90. The molecule has 154 valence electrons. The van der Waals surface area contributed by atoms with Gasteiger partial charge in [-0.15, -0.1) is 0 Å². The fourth-order valence-corrected chi connectivity index (χ4v) is 3.80. The van der Waals surface area contributed by atoms with E-state index >= 15 is 0 Å². The number of aliphatic hydroxyl groups is 1. The first kappa shape index (κ1) is 21.3. The summed E-state index contributed by atoms with van der Waals surface area (Å²) in [6.07, 6.45) is 1.52. The van der Waals surface area contributed by atoms with Crippen molar-refractivity contribution in [1.29, 1.82) is 0 Å². The van der Waals surface area contributed by atoms with Gasteiger partial charge in [-0.2, -0.15) is 11.3 Å². The highest BCUT2D eigenvalue weighted by Gasteiger charge is 2.18. The predicted molar refractivity (Wildman–Crippen MR) is 120 cm³/mol. The third kappa shape index (κ3) is 5.56. The fraction of sp³-hybridized carbons (Fsp3) is 0.348. The van der Waals surface area contributed by atoms with Crippen LogP contribution in [0.25, 0.3) is 11.1 Å². The number of aromatic nitrogens is 1. The quantitative estimate of drug-likeness (QED) is 0.406. The van der Waals surface area contributed by atoms with Crippen molar-refractivity contribution in [1.82, 2.24) is 4.57 Å². The second-order valence-corrected chi connectivity index (χ2v) is 8.52. The predicted octanol–water partition coefficient (Wildman–Crippen LogP) is 4.34. The molecule has 1 atom stereocenters. The Balaban J connectivity index is 1.57. The van der Waals surface area contributed by atoms with Crippen molar-refractivity contribution in [3.05, 3.63) is 70.2 Å². The summed E-state index contributed by atoms with van der Waals surface area (Å²) in [6.45, 7) is 4.22. The van der Waals surface area contributed by atoms with E-state index in [4.69, 9.17) is 10.6 Å². The minimum absolute atomic E-state index is 0.0210. The number of benzene rings is 1. The molecule has 1 aromatic carbocycles. The zero-order valence-corrected chi connectivity index (χ0v) is 18.1. The number of nitrogens with two attached hydrogens (primary N) is 1. The van der Waals surface area contributed by atoms with Crippen molar-refractivity contribution in [3.63, 3.8) is 0 Å². The lowest BCUT2D eigenvalue weighted by Crippen LogP contribution is -2.40. The van der Waals surface area contributed by atoms with Gasteiger partial charge in [0.25, 0.3) is 0 Å². The molecule has 0 bridgehead atoms. The summed E-state index contributed by atoms with van der Waals surface area (Å²) in [7, 11) is 2.01. The molecule has 2 aromatic heterocycles. The van der Waals surface area contributed by atoms with E-state index in [1.807, 2.05) is 27.0 Å². The van der Waals surface area contributed by atoms with Gasteiger partial charge in [-0.3, -0.25) is 0 Å². The standard InChI is InChI=1S/C23H29N3O2S/c1-17(22-9-8-21(26(22)3)10-12-23(2,24)16-27)25-28-14-18-4-6-19(7-5-18)20-11-13-29-15-20/h4-9,11,13,15,27H,10,12,14,16,24H2,1-3H3/t23-/m1/s1. The van der Waals surface area contributed by atoms with Crippen LogP contribution in [0.2, 0.25) is 0 Å². The van der Waals surface area contributed by atoms with Crippen LogP contribution in [0.4, 0.5) is 0 Å². The molecule has 3 aromatic rings. The van der Waals surface area contributed by atoms with Gasteiger partial charge in [0.1, 0.15) is 12.3 Å². The highest BCUT2D eigenvalue weighted by Crippen LogP contribution is 2.22. The number of nitrogens with zero attached hydrogens (tertiary/aromatic N) is 2. The van der Waals surface area contributed by atoms with Crippen LogP contribution < -0.4 is 5.73 Å². The van der Waals surface area contributed by atoms with Crippen LogP contribution in [0.5, 0.6) is 0 Å². The SMILES string of the molecule is CC(=NOCc1ccc(-c2ccsc2)cc1)c1ccc(CC[C@@](C)(N)CO)n1C. The lowest BCUT2D eigenvalue weighted by atomic mass is 9.97. The molecule has 0 aliphatic rings. The molecule has 0 spiro atoms. The van der Waals surface area contributed by atoms with E-state index < -0.39 is 5.54 Å². The van der Waals surface area contributed by atoms with E-state index in [2.05, 4.69) is 56.9 Å². The second kappa shape index (κ2) is 9.39. The maximum absolute atomic E-state index is 9.32. The molecule has 29 heavy (non-hydrogen) atoms. The van der Waals surface area contributed by atoms with Crippen molar-refractivity contribution in [2.45, 2.75) is 38.8 Å². The molecular weight excluding hydrogens is 382 g/mol. The van der Waals surface area contributed by atoms with E-state index in [1.165, 1.54) is 11.1 Å². The Morgan fingerprint density at radius 2 is 1.93 bits per heavy atom. The second-order valence-electron chi connectivity index (χ2n) is 7.74. The Morgan fingerprint density at radius 3 is 2.59 bits per heavy atom. The monoisotopic (exact) mass is 411 g/mol. The van der Waals surface area contributed by atoms with Crippen LogP contribution >= 0.6 is 11.3 Å². The highest BCUT2D eigenvalue weighted by atomic mass is 32.1. The largest absolute Gasteiger partial charge is 0.394 e. The Hall–Kier alpha value is -2.41. The lowest BCUT2D eigenvalue weighted by Gasteiger charge is -2.21. The molecule has 5 nitrogen and oxygen atoms in total. The van der Waals surface area contributed by atoms with Crippen molar-refractivity contribution >= 4 is 17.0 Å². The minimum atomic E-state index is -0.560. The molecule has 6 heteroatoms. The smallest absolute Gasteiger partial charge is 0.142 e. The first-order chi connectivity index (χ1) is 13.9. The van der Waals surface area contributed by atoms with E-state index in [1.54, 1.807) is 11.3 Å². The topological polar surface area (TPSA) is 72.8 Å². The Labute approximate surface area is 176 Å². The Morgan fingerprint density at radius 1 is 1.17 bits per heavy atom. The van der Waals surface area contributed by atoms with E-state index in [0.29, 0.717) is 6.61 Å². The number of hydrogen-bond acceptors (Lipinski definition) is 5. The van der Waals surface area contributed by atoms with Gasteiger partial charge in [-0.1, -0.05) is 29.4 Å². The van der Waals surface area contributed by atoms with Crippen LogP contribution in [-0.4, -0.2) is 27.5 Å². The van der Waals surface area contributed by atoms with Crippen LogP contribution in [0.3, 0.4) is 0 Å². The maximum Gasteiger partial charge on any atom is 0.142 e. The van der Waals surface area contributed by atoms with Gasteiger partial charge in [0, 0.05) is 18.3 Å². The van der Waals surface area contributed by atoms with Crippen molar-refractivity contribution in [2.24, 2.45) is 17.9 Å². The number of aliphatic hydroxyl groups excluding tert-OH is 1. The summed E-state index contributed by atoms with van der Waals surface area (Å²) >= 11 is 1.70. The fourth-order valence-electron chi connectivity index (χ4n) is 3.13. The van der Waals surface area contributed by atoms with E-state index in [0.717, 1.165) is 35.5 Å². The number of rotatable bonds is 9. The number of aryl methyl sites for hydroxylation is 1. The molecule has 0 saturated carbocycles. The van der Waals surface area contributed by atoms with Gasteiger partial charge in [0.05, 0.1) is 12.3 Å². The summed E-state index contributed by atoms with van der Waals surface area (Å²) in [6, 6.07) is 14.6. The van der Waals surface area contributed by atoms with Gasteiger partial charge in [-0.05, 0) is 72.3 Å². The summed E-state index contributed by atoms with van der Waals surface area (Å²) < 4.78 is 2.10. The first-order valence-corrected chi connectivity index (χ1v) is 10.7. The Bertz CT molecular complexity index is 941. The zero-order chi connectivity index (χ0) is 20.9. The van der Waals surface area contributed by atoms with Crippen molar-refractivity contribution < 1.29 is 9.94 Å². The molecule has 0 aliphatic heterocycles. The third-order valence-electron chi connectivity index (χ3n) is 5.15. The number of hydrogen-bond donors (Lipinski definition) is 2. The molecule has 0 aliphatic carbocycles. The normalized spacial score (nSPS) is 14.0.